The summed E-state index contributed by atoms with van der Waals surface area (Å²) in [6.07, 6.45) is 3.19. The highest BCUT2D eigenvalue weighted by atomic mass is 32.1. The number of carbonyl (C=O) groups is 1. The highest BCUT2D eigenvalue weighted by molar-refractivity contribution is 7.17. The molecule has 0 unspecified atom stereocenters. The van der Waals surface area contributed by atoms with Gasteiger partial charge in [-0.1, -0.05) is 35.4 Å². The van der Waals surface area contributed by atoms with Crippen molar-refractivity contribution in [3.05, 3.63) is 72.1 Å². The van der Waals surface area contributed by atoms with E-state index in [0.717, 1.165) is 22.5 Å². The third-order valence-electron chi connectivity index (χ3n) is 4.92. The summed E-state index contributed by atoms with van der Waals surface area (Å²) in [4.78, 5) is 17.2. The standard InChI is InChI=1S/C23H18N4O5S/c1-29-18-7-3-2-6-15(18)17-11-24-10-9-16(17)21(28)25-22-26-27-23(33-22)30-12-14-5-4-8-19-20(14)32-13-31-19/h2-11H,12-13H2,1H3,(H,25,26,28). The number of para-hydroxylation sites is 2. The Kier molecular flexibility index (Phi) is 5.73. The summed E-state index contributed by atoms with van der Waals surface area (Å²) in [7, 11) is 1.58. The van der Waals surface area contributed by atoms with Gasteiger partial charge in [-0.25, -0.2) is 0 Å². The van der Waals surface area contributed by atoms with Gasteiger partial charge >= 0.3 is 0 Å². The molecule has 3 heterocycles. The van der Waals surface area contributed by atoms with E-state index in [0.29, 0.717) is 38.7 Å². The number of benzene rings is 2. The molecule has 0 saturated carbocycles. The van der Waals surface area contributed by atoms with Gasteiger partial charge in [0.15, 0.2) is 11.5 Å². The molecule has 5 rings (SSSR count). The quantitative estimate of drug-likeness (QED) is 0.436. The van der Waals surface area contributed by atoms with Crippen LogP contribution in [0.2, 0.25) is 0 Å². The van der Waals surface area contributed by atoms with Crippen LogP contribution in [0.3, 0.4) is 0 Å². The Morgan fingerprint density at radius 2 is 2.00 bits per heavy atom. The molecular formula is C23H18N4O5S. The molecule has 2 aromatic carbocycles. The zero-order valence-electron chi connectivity index (χ0n) is 17.5. The van der Waals surface area contributed by atoms with Crippen LogP contribution in [-0.4, -0.2) is 35.0 Å². The van der Waals surface area contributed by atoms with Crippen LogP contribution in [0.25, 0.3) is 11.1 Å². The summed E-state index contributed by atoms with van der Waals surface area (Å²) in [5.41, 5.74) is 2.68. The largest absolute Gasteiger partial charge is 0.496 e. The highest BCUT2D eigenvalue weighted by Gasteiger charge is 2.19. The molecule has 0 spiro atoms. The van der Waals surface area contributed by atoms with Gasteiger partial charge in [-0.05, 0) is 29.5 Å². The van der Waals surface area contributed by atoms with Crippen molar-refractivity contribution in [2.24, 2.45) is 0 Å². The van der Waals surface area contributed by atoms with Gasteiger partial charge in [0.25, 0.3) is 11.1 Å². The summed E-state index contributed by atoms with van der Waals surface area (Å²) in [6, 6.07) is 14.7. The van der Waals surface area contributed by atoms with E-state index < -0.39 is 0 Å². The fourth-order valence-corrected chi connectivity index (χ4v) is 3.99. The van der Waals surface area contributed by atoms with Crippen molar-refractivity contribution in [1.29, 1.82) is 0 Å². The van der Waals surface area contributed by atoms with Gasteiger partial charge in [0, 0.05) is 29.1 Å². The molecule has 9 nitrogen and oxygen atoms in total. The molecule has 10 heteroatoms. The fraction of sp³-hybridized carbons (Fsp3) is 0.130. The molecule has 0 atom stereocenters. The van der Waals surface area contributed by atoms with Crippen LogP contribution in [0.4, 0.5) is 5.13 Å². The summed E-state index contributed by atoms with van der Waals surface area (Å²) in [6.45, 7) is 0.421. The smallest absolute Gasteiger partial charge is 0.296 e. The lowest BCUT2D eigenvalue weighted by atomic mass is 10.0. The third-order valence-corrected chi connectivity index (χ3v) is 5.67. The van der Waals surface area contributed by atoms with Crippen LogP contribution in [0, 0.1) is 0 Å². The average molecular weight is 462 g/mol. The van der Waals surface area contributed by atoms with Gasteiger partial charge in [-0.3, -0.25) is 15.1 Å². The van der Waals surface area contributed by atoms with E-state index in [2.05, 4.69) is 20.5 Å². The Balaban J connectivity index is 1.30. The number of nitrogens with zero attached hydrogens (tertiary/aromatic N) is 3. The number of fused-ring (bicyclic) bond motifs is 1. The number of hydrogen-bond acceptors (Lipinski definition) is 9. The Labute approximate surface area is 192 Å². The second kappa shape index (κ2) is 9.13. The van der Waals surface area contributed by atoms with E-state index in [4.69, 9.17) is 18.9 Å². The topological polar surface area (TPSA) is 105 Å². The van der Waals surface area contributed by atoms with E-state index in [1.54, 1.807) is 25.6 Å². The van der Waals surface area contributed by atoms with Crippen LogP contribution in [-0.2, 0) is 6.61 Å². The van der Waals surface area contributed by atoms with Crippen LogP contribution in [0.15, 0.2) is 60.9 Å². The number of rotatable bonds is 7. The molecule has 4 aromatic rings. The lowest BCUT2D eigenvalue weighted by molar-refractivity contribution is 0.102. The SMILES string of the molecule is COc1ccccc1-c1cnccc1C(=O)Nc1nnc(OCc2cccc3c2OCO3)s1. The van der Waals surface area contributed by atoms with E-state index in [1.165, 1.54) is 0 Å². The molecule has 0 saturated heterocycles. The summed E-state index contributed by atoms with van der Waals surface area (Å²) >= 11 is 1.13. The number of hydrogen-bond donors (Lipinski definition) is 1. The normalized spacial score (nSPS) is 11.8. The Morgan fingerprint density at radius 1 is 1.09 bits per heavy atom. The lowest BCUT2D eigenvalue weighted by Crippen LogP contribution is -2.13. The molecule has 166 valence electrons. The van der Waals surface area contributed by atoms with Crippen LogP contribution in [0.5, 0.6) is 22.4 Å². The maximum absolute atomic E-state index is 13.0. The van der Waals surface area contributed by atoms with Crippen molar-refractivity contribution in [2.45, 2.75) is 6.61 Å². The summed E-state index contributed by atoms with van der Waals surface area (Å²) in [5.74, 6) is 1.65. The summed E-state index contributed by atoms with van der Waals surface area (Å²) in [5, 5.41) is 11.4. The molecule has 1 aliphatic rings. The van der Waals surface area contributed by atoms with Crippen molar-refractivity contribution in [1.82, 2.24) is 15.2 Å². The van der Waals surface area contributed by atoms with Gasteiger partial charge in [0.1, 0.15) is 12.4 Å². The molecule has 0 aliphatic carbocycles. The number of anilines is 1. The first kappa shape index (κ1) is 20.7. The van der Waals surface area contributed by atoms with Crippen molar-refractivity contribution < 1.29 is 23.7 Å². The highest BCUT2D eigenvalue weighted by Crippen LogP contribution is 2.36. The molecule has 33 heavy (non-hydrogen) atoms. The first-order valence-electron chi connectivity index (χ1n) is 9.95. The zero-order chi connectivity index (χ0) is 22.6. The number of ether oxygens (including phenoxy) is 4. The Morgan fingerprint density at radius 3 is 2.91 bits per heavy atom. The number of methoxy groups -OCH3 is 1. The van der Waals surface area contributed by atoms with Crippen molar-refractivity contribution in [2.75, 3.05) is 19.2 Å². The molecule has 0 fully saturated rings. The minimum atomic E-state index is -0.340. The number of nitrogens with one attached hydrogen (secondary N) is 1. The Hall–Kier alpha value is -4.18. The van der Waals surface area contributed by atoms with E-state index in [1.807, 2.05) is 42.5 Å². The monoisotopic (exact) mass is 462 g/mol. The van der Waals surface area contributed by atoms with Crippen molar-refractivity contribution in [3.63, 3.8) is 0 Å². The molecule has 1 N–H and O–H groups in total. The predicted molar refractivity (Wildman–Crippen MR) is 121 cm³/mol. The number of pyridine rings is 1. The second-order valence-electron chi connectivity index (χ2n) is 6.89. The zero-order valence-corrected chi connectivity index (χ0v) is 18.3. The van der Waals surface area contributed by atoms with Crippen LogP contribution >= 0.6 is 11.3 Å². The van der Waals surface area contributed by atoms with E-state index >= 15 is 0 Å². The van der Waals surface area contributed by atoms with Gasteiger partial charge < -0.3 is 18.9 Å². The van der Waals surface area contributed by atoms with Gasteiger partial charge in [0.05, 0.1) is 12.7 Å². The summed E-state index contributed by atoms with van der Waals surface area (Å²) < 4.78 is 22.0. The third kappa shape index (κ3) is 4.28. The molecule has 1 amide bonds. The number of aromatic nitrogens is 3. The van der Waals surface area contributed by atoms with Crippen molar-refractivity contribution >= 4 is 22.4 Å². The predicted octanol–water partition coefficient (Wildman–Crippen LogP) is 4.17. The first-order chi connectivity index (χ1) is 16.2. The van der Waals surface area contributed by atoms with Gasteiger partial charge in [0.2, 0.25) is 11.9 Å². The van der Waals surface area contributed by atoms with Crippen LogP contribution < -0.4 is 24.3 Å². The minimum Gasteiger partial charge on any atom is -0.496 e. The lowest BCUT2D eigenvalue weighted by Gasteiger charge is -2.11. The minimum absolute atomic E-state index is 0.188. The first-order valence-corrected chi connectivity index (χ1v) is 10.8. The maximum Gasteiger partial charge on any atom is 0.296 e. The Bertz CT molecular complexity index is 1310. The second-order valence-corrected chi connectivity index (χ2v) is 7.83. The number of carbonyl (C=O) groups excluding carboxylic acids is 1. The molecular weight excluding hydrogens is 444 g/mol. The number of amides is 1. The van der Waals surface area contributed by atoms with Crippen molar-refractivity contribution in [3.8, 4) is 33.6 Å². The molecule has 0 bridgehead atoms. The maximum atomic E-state index is 13.0. The van der Waals surface area contributed by atoms with Gasteiger partial charge in [-0.2, -0.15) is 0 Å². The van der Waals surface area contributed by atoms with Gasteiger partial charge in [-0.15, -0.1) is 5.10 Å². The van der Waals surface area contributed by atoms with E-state index in [-0.39, 0.29) is 19.3 Å². The average Bonchev–Trinajstić information content (AvgIpc) is 3.52. The molecule has 2 aromatic heterocycles. The van der Waals surface area contributed by atoms with E-state index in [9.17, 15) is 4.79 Å². The van der Waals surface area contributed by atoms with Crippen LogP contribution in [0.1, 0.15) is 15.9 Å². The fourth-order valence-electron chi connectivity index (χ4n) is 3.40. The molecule has 0 radical (unpaired) electrons. The molecule has 1 aliphatic heterocycles.